The van der Waals surface area contributed by atoms with Gasteiger partial charge < -0.3 is 19.5 Å². The zero-order valence-electron chi connectivity index (χ0n) is 15.8. The number of methoxy groups -OCH3 is 2. The van der Waals surface area contributed by atoms with Crippen LogP contribution in [-0.4, -0.2) is 35.2 Å². The van der Waals surface area contributed by atoms with Crippen molar-refractivity contribution in [2.45, 2.75) is 18.3 Å². The fourth-order valence-corrected chi connectivity index (χ4v) is 3.60. The van der Waals surface area contributed by atoms with Crippen molar-refractivity contribution in [3.8, 4) is 28.6 Å². The van der Waals surface area contributed by atoms with E-state index < -0.39 is 6.23 Å². The summed E-state index contributed by atoms with van der Waals surface area (Å²) in [5, 5.41) is 12.6. The molecule has 1 unspecified atom stereocenters. The fourth-order valence-electron chi connectivity index (χ4n) is 3.10. The second-order valence-corrected chi connectivity index (χ2v) is 7.18. The van der Waals surface area contributed by atoms with Crippen LogP contribution in [0.3, 0.4) is 0 Å². The predicted molar refractivity (Wildman–Crippen MR) is 108 cm³/mol. The highest BCUT2D eigenvalue weighted by Gasteiger charge is 2.28. The number of rotatable bonds is 5. The van der Waals surface area contributed by atoms with Crippen LogP contribution in [0, 0.1) is 0 Å². The van der Waals surface area contributed by atoms with E-state index >= 15 is 0 Å². The van der Waals surface area contributed by atoms with Crippen LogP contribution >= 0.6 is 11.8 Å². The Kier molecular flexibility index (Phi) is 5.21. The van der Waals surface area contributed by atoms with Crippen molar-refractivity contribution in [1.29, 1.82) is 0 Å². The number of nitrogens with one attached hydrogen (secondary N) is 1. The van der Waals surface area contributed by atoms with Gasteiger partial charge in [0.15, 0.2) is 17.2 Å². The van der Waals surface area contributed by atoms with Gasteiger partial charge in [-0.15, -0.1) is 10.2 Å². The van der Waals surface area contributed by atoms with Gasteiger partial charge in [0.1, 0.15) is 0 Å². The third-order valence-electron chi connectivity index (χ3n) is 4.32. The average Bonchev–Trinajstić information content (AvgIpc) is 2.89. The molecule has 1 aliphatic heterocycles. The Bertz CT molecular complexity index is 999. The van der Waals surface area contributed by atoms with Crippen LogP contribution in [0.15, 0.2) is 47.6 Å². The van der Waals surface area contributed by atoms with Crippen molar-refractivity contribution in [3.05, 3.63) is 48.0 Å². The predicted octanol–water partition coefficient (Wildman–Crippen LogP) is 4.17. The Hall–Kier alpha value is -3.00. The molecule has 1 atom stereocenters. The van der Waals surface area contributed by atoms with Crippen LogP contribution in [0.2, 0.25) is 0 Å². The monoisotopic (exact) mass is 396 g/mol. The number of ether oxygens (including phenoxy) is 3. The van der Waals surface area contributed by atoms with Gasteiger partial charge in [-0.1, -0.05) is 43.0 Å². The Morgan fingerprint density at radius 1 is 1.07 bits per heavy atom. The number of thioether (sulfide) groups is 1. The lowest BCUT2D eigenvalue weighted by atomic mass is 10.1. The Morgan fingerprint density at radius 2 is 1.93 bits per heavy atom. The molecule has 7 nitrogen and oxygen atoms in total. The number of hydrogen-bond acceptors (Lipinski definition) is 8. The number of fused-ring (bicyclic) bond motifs is 3. The molecule has 0 radical (unpaired) electrons. The van der Waals surface area contributed by atoms with E-state index in [4.69, 9.17) is 14.2 Å². The lowest BCUT2D eigenvalue weighted by Gasteiger charge is -2.22. The minimum Gasteiger partial charge on any atom is -0.493 e. The second kappa shape index (κ2) is 7.93. The molecule has 8 heteroatoms. The van der Waals surface area contributed by atoms with Crippen LogP contribution in [0.5, 0.6) is 17.4 Å². The molecular formula is C20H20N4O3S. The number of aromatic nitrogens is 3. The lowest BCUT2D eigenvalue weighted by molar-refractivity contribution is 0.218. The van der Waals surface area contributed by atoms with Crippen molar-refractivity contribution in [1.82, 2.24) is 15.2 Å². The summed E-state index contributed by atoms with van der Waals surface area (Å²) >= 11 is 1.52. The SMILES string of the molecule is CCSc1nnc2c(n1)OC(c1cccc(OC)c1OC)Nc1ccccc1-2. The van der Waals surface area contributed by atoms with Gasteiger partial charge in [-0.25, -0.2) is 0 Å². The van der Waals surface area contributed by atoms with E-state index in [1.807, 2.05) is 49.4 Å². The molecule has 4 rings (SSSR count). The average molecular weight is 396 g/mol. The molecule has 0 amide bonds. The zero-order chi connectivity index (χ0) is 19.5. The van der Waals surface area contributed by atoms with Gasteiger partial charge in [0.25, 0.3) is 0 Å². The maximum Gasteiger partial charge on any atom is 0.247 e. The van der Waals surface area contributed by atoms with Crippen molar-refractivity contribution < 1.29 is 14.2 Å². The summed E-state index contributed by atoms with van der Waals surface area (Å²) in [4.78, 5) is 4.59. The number of anilines is 1. The van der Waals surface area contributed by atoms with E-state index in [1.165, 1.54) is 11.8 Å². The quantitative estimate of drug-likeness (QED) is 0.644. The molecule has 1 aliphatic rings. The number of nitrogens with zero attached hydrogens (tertiary/aromatic N) is 3. The van der Waals surface area contributed by atoms with Gasteiger partial charge in [-0.2, -0.15) is 4.98 Å². The Labute approximate surface area is 167 Å². The lowest BCUT2D eigenvalue weighted by Crippen LogP contribution is -2.18. The van der Waals surface area contributed by atoms with Gasteiger partial charge >= 0.3 is 0 Å². The van der Waals surface area contributed by atoms with Crippen LogP contribution in [0.25, 0.3) is 11.3 Å². The summed E-state index contributed by atoms with van der Waals surface area (Å²) in [5.41, 5.74) is 3.17. The summed E-state index contributed by atoms with van der Waals surface area (Å²) in [6.45, 7) is 2.04. The number of benzene rings is 2. The largest absolute Gasteiger partial charge is 0.493 e. The van der Waals surface area contributed by atoms with Crippen molar-refractivity contribution in [2.24, 2.45) is 0 Å². The molecule has 0 aliphatic carbocycles. The standard InChI is InChI=1S/C20H20N4O3S/c1-4-28-20-22-19-16(23-24-20)12-8-5-6-10-14(12)21-18(27-19)13-9-7-11-15(25-2)17(13)26-3/h5-11,18,21H,4H2,1-3H3. The molecule has 0 fully saturated rings. The van der Waals surface area contributed by atoms with E-state index in [1.54, 1.807) is 14.2 Å². The fraction of sp³-hybridized carbons (Fsp3) is 0.250. The van der Waals surface area contributed by atoms with Crippen molar-refractivity contribution in [3.63, 3.8) is 0 Å². The molecular weight excluding hydrogens is 376 g/mol. The van der Waals surface area contributed by atoms with Crippen LogP contribution in [-0.2, 0) is 0 Å². The van der Waals surface area contributed by atoms with E-state index in [2.05, 4.69) is 20.5 Å². The van der Waals surface area contributed by atoms with E-state index in [-0.39, 0.29) is 0 Å². The molecule has 1 N–H and O–H groups in total. The Morgan fingerprint density at radius 3 is 2.71 bits per heavy atom. The highest BCUT2D eigenvalue weighted by Crippen LogP contribution is 2.42. The van der Waals surface area contributed by atoms with Gasteiger partial charge in [-0.05, 0) is 24.0 Å². The molecule has 1 aromatic heterocycles. The zero-order valence-corrected chi connectivity index (χ0v) is 16.6. The summed E-state index contributed by atoms with van der Waals surface area (Å²) in [6, 6.07) is 13.5. The highest BCUT2D eigenvalue weighted by molar-refractivity contribution is 7.99. The molecule has 0 spiro atoms. The van der Waals surface area contributed by atoms with Crippen molar-refractivity contribution >= 4 is 17.4 Å². The van der Waals surface area contributed by atoms with E-state index in [9.17, 15) is 0 Å². The minimum absolute atomic E-state index is 0.429. The first kappa shape index (κ1) is 18.4. The summed E-state index contributed by atoms with van der Waals surface area (Å²) in [5.74, 6) is 2.51. The molecule has 2 aromatic carbocycles. The maximum atomic E-state index is 6.28. The molecule has 0 bridgehead atoms. The first-order valence-corrected chi connectivity index (χ1v) is 9.84. The van der Waals surface area contributed by atoms with Crippen LogP contribution in [0.4, 0.5) is 5.69 Å². The van der Waals surface area contributed by atoms with Crippen LogP contribution < -0.4 is 19.5 Å². The second-order valence-electron chi connectivity index (χ2n) is 5.95. The molecule has 3 aromatic rings. The van der Waals surface area contributed by atoms with E-state index in [0.717, 1.165) is 22.6 Å². The molecule has 144 valence electrons. The number of para-hydroxylation sites is 2. The topological polar surface area (TPSA) is 78.4 Å². The smallest absolute Gasteiger partial charge is 0.247 e. The Balaban J connectivity index is 1.86. The summed E-state index contributed by atoms with van der Waals surface area (Å²) in [7, 11) is 3.22. The number of hydrogen-bond donors (Lipinski definition) is 1. The van der Waals surface area contributed by atoms with E-state index in [0.29, 0.717) is 28.2 Å². The third kappa shape index (κ3) is 3.31. The first-order chi connectivity index (χ1) is 13.7. The molecule has 0 saturated heterocycles. The van der Waals surface area contributed by atoms with Gasteiger partial charge in [-0.3, -0.25) is 0 Å². The van der Waals surface area contributed by atoms with Gasteiger partial charge in [0.05, 0.1) is 19.8 Å². The first-order valence-electron chi connectivity index (χ1n) is 8.86. The molecule has 28 heavy (non-hydrogen) atoms. The summed E-state index contributed by atoms with van der Waals surface area (Å²) < 4.78 is 17.3. The maximum absolute atomic E-state index is 6.28. The minimum atomic E-state index is -0.538. The van der Waals surface area contributed by atoms with Crippen molar-refractivity contribution in [2.75, 3.05) is 25.3 Å². The normalized spacial score (nSPS) is 14.8. The van der Waals surface area contributed by atoms with Gasteiger partial charge in [0.2, 0.25) is 17.3 Å². The van der Waals surface area contributed by atoms with Crippen LogP contribution in [0.1, 0.15) is 18.7 Å². The summed E-state index contributed by atoms with van der Waals surface area (Å²) in [6.07, 6.45) is -0.538. The molecule has 2 heterocycles. The molecule has 0 saturated carbocycles. The highest BCUT2D eigenvalue weighted by atomic mass is 32.2. The third-order valence-corrected chi connectivity index (χ3v) is 5.04. The van der Waals surface area contributed by atoms with Gasteiger partial charge in [0, 0.05) is 11.3 Å².